The van der Waals surface area contributed by atoms with Gasteiger partial charge in [-0.15, -0.1) is 12.4 Å². The third-order valence-electron chi connectivity index (χ3n) is 4.29. The van der Waals surface area contributed by atoms with E-state index in [4.69, 9.17) is 11.6 Å². The van der Waals surface area contributed by atoms with Gasteiger partial charge in [0.05, 0.1) is 17.1 Å². The molecule has 0 aliphatic carbocycles. The predicted octanol–water partition coefficient (Wildman–Crippen LogP) is 3.57. The number of benzene rings is 1. The molecule has 0 spiro atoms. The fraction of sp³-hybridized carbons (Fsp3) is 0.529. The first-order valence-corrected chi connectivity index (χ1v) is 8.60. The van der Waals surface area contributed by atoms with E-state index in [1.807, 2.05) is 6.92 Å². The van der Waals surface area contributed by atoms with Crippen molar-refractivity contribution < 1.29 is 22.8 Å². The van der Waals surface area contributed by atoms with Gasteiger partial charge in [0.1, 0.15) is 0 Å². The first-order chi connectivity index (χ1) is 12.1. The van der Waals surface area contributed by atoms with Crippen LogP contribution in [0.25, 0.3) is 0 Å². The number of likely N-dealkylation sites (N-methyl/N-ethyl adjacent to an activating group) is 1. The van der Waals surface area contributed by atoms with Crippen LogP contribution in [0.1, 0.15) is 25.3 Å². The van der Waals surface area contributed by atoms with Gasteiger partial charge in [0.25, 0.3) is 0 Å². The predicted molar refractivity (Wildman–Crippen MR) is 100 cm³/mol. The van der Waals surface area contributed by atoms with Gasteiger partial charge in [0.2, 0.25) is 11.8 Å². The average molecular weight is 428 g/mol. The monoisotopic (exact) mass is 427 g/mol. The van der Waals surface area contributed by atoms with E-state index >= 15 is 0 Å². The average Bonchev–Trinajstić information content (AvgIpc) is 2.54. The van der Waals surface area contributed by atoms with Crippen LogP contribution in [-0.4, -0.2) is 42.9 Å². The van der Waals surface area contributed by atoms with Crippen LogP contribution in [0.15, 0.2) is 18.2 Å². The number of rotatable bonds is 4. The van der Waals surface area contributed by atoms with E-state index in [9.17, 15) is 22.8 Å². The van der Waals surface area contributed by atoms with Crippen molar-refractivity contribution in [3.63, 3.8) is 0 Å². The minimum atomic E-state index is -4.61. The topological polar surface area (TPSA) is 61.4 Å². The Balaban J connectivity index is 0.00000364. The maximum Gasteiger partial charge on any atom is 0.417 e. The van der Waals surface area contributed by atoms with E-state index < -0.39 is 22.7 Å². The largest absolute Gasteiger partial charge is 0.417 e. The molecule has 27 heavy (non-hydrogen) atoms. The summed E-state index contributed by atoms with van der Waals surface area (Å²) >= 11 is 5.55. The lowest BCUT2D eigenvalue weighted by Crippen LogP contribution is -2.44. The number of alkyl halides is 3. The van der Waals surface area contributed by atoms with Gasteiger partial charge in [-0.2, -0.15) is 13.2 Å². The minimum absolute atomic E-state index is 0. The smallest absolute Gasteiger partial charge is 0.336 e. The van der Waals surface area contributed by atoms with Crippen molar-refractivity contribution in [2.45, 2.75) is 32.0 Å². The molecule has 0 saturated carbocycles. The number of hydrogen-bond acceptors (Lipinski definition) is 3. The molecular formula is C17H22Cl2F3N3O2. The number of amides is 2. The zero-order valence-corrected chi connectivity index (χ0v) is 16.5. The highest BCUT2D eigenvalue weighted by molar-refractivity contribution is 6.31. The van der Waals surface area contributed by atoms with Crippen molar-refractivity contribution in [2.75, 3.05) is 25.5 Å². The number of halogens is 5. The lowest BCUT2D eigenvalue weighted by atomic mass is 9.92. The highest BCUT2D eigenvalue weighted by Gasteiger charge is 2.33. The van der Waals surface area contributed by atoms with Gasteiger partial charge in [-0.3, -0.25) is 9.59 Å². The maximum atomic E-state index is 12.9. The number of hydrogen-bond donors (Lipinski definition) is 2. The van der Waals surface area contributed by atoms with Crippen LogP contribution in [0.2, 0.25) is 5.02 Å². The van der Waals surface area contributed by atoms with Gasteiger partial charge >= 0.3 is 6.18 Å². The Kier molecular flexibility index (Phi) is 8.38. The molecule has 1 saturated heterocycles. The first-order valence-electron chi connectivity index (χ1n) is 8.23. The van der Waals surface area contributed by atoms with Crippen LogP contribution >= 0.6 is 24.0 Å². The molecule has 5 nitrogen and oxygen atoms in total. The summed E-state index contributed by atoms with van der Waals surface area (Å²) in [4.78, 5) is 25.8. The van der Waals surface area contributed by atoms with Crippen molar-refractivity contribution in [2.24, 2.45) is 5.92 Å². The van der Waals surface area contributed by atoms with Crippen molar-refractivity contribution in [1.29, 1.82) is 0 Å². The summed E-state index contributed by atoms with van der Waals surface area (Å²) in [7, 11) is 1.51. The Hall–Kier alpha value is -1.51. The molecule has 1 fully saturated rings. The summed E-state index contributed by atoms with van der Waals surface area (Å²) < 4.78 is 38.6. The van der Waals surface area contributed by atoms with Crippen molar-refractivity contribution in [1.82, 2.24) is 10.2 Å². The Labute approximate surface area is 167 Å². The lowest BCUT2D eigenvalue weighted by molar-refractivity contribution is -0.138. The summed E-state index contributed by atoms with van der Waals surface area (Å²) in [6.45, 7) is 2.49. The number of piperidine rings is 1. The molecule has 0 bridgehead atoms. The second-order valence-electron chi connectivity index (χ2n) is 6.51. The van der Waals surface area contributed by atoms with Crippen LogP contribution in [0.3, 0.4) is 0 Å². The third-order valence-corrected chi connectivity index (χ3v) is 4.62. The summed E-state index contributed by atoms with van der Waals surface area (Å²) in [5, 5.41) is 5.18. The summed E-state index contributed by atoms with van der Waals surface area (Å²) in [6, 6.07) is 3.36. The fourth-order valence-corrected chi connectivity index (χ4v) is 3.21. The SMILES string of the molecule is C[C@H]1C[C@@H](C(=O)N(C)CC(=O)Nc2ccc(Cl)c(C(F)(F)F)c2)CCN1.Cl. The molecule has 2 amide bonds. The molecule has 2 rings (SSSR count). The highest BCUT2D eigenvalue weighted by atomic mass is 35.5. The van der Waals surface area contributed by atoms with Crippen LogP contribution in [0.5, 0.6) is 0 Å². The molecule has 1 heterocycles. The van der Waals surface area contributed by atoms with Crippen LogP contribution in [-0.2, 0) is 15.8 Å². The lowest BCUT2D eigenvalue weighted by Gasteiger charge is -2.30. The third kappa shape index (κ3) is 6.55. The molecule has 0 radical (unpaired) electrons. The van der Waals surface area contributed by atoms with E-state index in [1.54, 1.807) is 0 Å². The molecule has 0 unspecified atom stereocenters. The normalized spacial score (nSPS) is 19.8. The second kappa shape index (κ2) is 9.61. The molecule has 1 aliphatic rings. The van der Waals surface area contributed by atoms with E-state index in [2.05, 4.69) is 10.6 Å². The zero-order valence-electron chi connectivity index (χ0n) is 14.9. The summed E-state index contributed by atoms with van der Waals surface area (Å²) in [5.41, 5.74) is -1.05. The van der Waals surface area contributed by atoms with Crippen LogP contribution in [0, 0.1) is 5.92 Å². The Morgan fingerprint density at radius 1 is 1.37 bits per heavy atom. The number of anilines is 1. The van der Waals surface area contributed by atoms with E-state index in [1.165, 1.54) is 18.0 Å². The molecule has 152 valence electrons. The van der Waals surface area contributed by atoms with Crippen LogP contribution < -0.4 is 10.6 Å². The molecule has 2 N–H and O–H groups in total. The van der Waals surface area contributed by atoms with Crippen LogP contribution in [0.4, 0.5) is 18.9 Å². The van der Waals surface area contributed by atoms with E-state index in [0.717, 1.165) is 18.7 Å². The van der Waals surface area contributed by atoms with Gasteiger partial charge in [0, 0.05) is 24.7 Å². The van der Waals surface area contributed by atoms with Gasteiger partial charge in [0.15, 0.2) is 0 Å². The van der Waals surface area contributed by atoms with Crippen molar-refractivity contribution >= 4 is 41.5 Å². The molecular weight excluding hydrogens is 406 g/mol. The number of carbonyl (C=O) groups excluding carboxylic acids is 2. The number of carbonyl (C=O) groups is 2. The first kappa shape index (κ1) is 23.5. The van der Waals surface area contributed by atoms with Gasteiger partial charge in [-0.1, -0.05) is 11.6 Å². The maximum absolute atomic E-state index is 12.9. The minimum Gasteiger partial charge on any atom is -0.336 e. The van der Waals surface area contributed by atoms with Crippen molar-refractivity contribution in [3.8, 4) is 0 Å². The molecule has 2 atom stereocenters. The van der Waals surface area contributed by atoms with Crippen molar-refractivity contribution in [3.05, 3.63) is 28.8 Å². The Morgan fingerprint density at radius 2 is 2.04 bits per heavy atom. The Bertz CT molecular complexity index is 686. The van der Waals surface area contributed by atoms with Gasteiger partial charge in [-0.05, 0) is 44.5 Å². The molecule has 10 heteroatoms. The number of nitrogens with zero attached hydrogens (tertiary/aromatic N) is 1. The quantitative estimate of drug-likeness (QED) is 0.771. The fourth-order valence-electron chi connectivity index (χ4n) is 2.98. The molecule has 1 aliphatic heterocycles. The molecule has 0 aromatic heterocycles. The zero-order chi connectivity index (χ0) is 19.5. The van der Waals surface area contributed by atoms with E-state index in [-0.39, 0.29) is 42.5 Å². The van der Waals surface area contributed by atoms with Gasteiger partial charge < -0.3 is 15.5 Å². The summed E-state index contributed by atoms with van der Waals surface area (Å²) in [6.07, 6.45) is -3.23. The summed E-state index contributed by atoms with van der Waals surface area (Å²) in [5.74, 6) is -0.865. The molecule has 1 aromatic carbocycles. The highest BCUT2D eigenvalue weighted by Crippen LogP contribution is 2.36. The molecule has 1 aromatic rings. The van der Waals surface area contributed by atoms with E-state index in [0.29, 0.717) is 12.8 Å². The standard InChI is InChI=1S/C17H21ClF3N3O2.ClH/c1-10-7-11(5-6-22-10)16(26)24(2)9-15(25)23-12-3-4-14(18)13(8-12)17(19,20)21;/h3-4,8,10-11,22H,5-7,9H2,1-2H3,(H,23,25);1H/t10-,11-;/m0./s1. The second-order valence-corrected chi connectivity index (χ2v) is 6.92. The Morgan fingerprint density at radius 3 is 2.63 bits per heavy atom. The van der Waals surface area contributed by atoms with Gasteiger partial charge in [-0.25, -0.2) is 0 Å². The number of nitrogens with one attached hydrogen (secondary N) is 2.